The molecule has 2 heterocycles. The van der Waals surface area contributed by atoms with Crippen LogP contribution in [-0.4, -0.2) is 35.1 Å². The molecule has 7 heteroatoms. The van der Waals surface area contributed by atoms with Crippen molar-refractivity contribution in [3.8, 4) is 0 Å². The molecule has 0 bridgehead atoms. The minimum absolute atomic E-state index is 0.102. The number of hydrogen-bond acceptors (Lipinski definition) is 3. The van der Waals surface area contributed by atoms with Gasteiger partial charge in [0.1, 0.15) is 0 Å². The monoisotopic (exact) mass is 450 g/mol. The van der Waals surface area contributed by atoms with Crippen LogP contribution in [0.25, 0.3) is 11.0 Å². The largest absolute Gasteiger partial charge is 0.356 e. The van der Waals surface area contributed by atoms with Crippen LogP contribution in [0, 0.1) is 11.8 Å². The molecule has 2 fully saturated rings. The van der Waals surface area contributed by atoms with Gasteiger partial charge in [0.15, 0.2) is 0 Å². The molecule has 1 aromatic heterocycles. The van der Waals surface area contributed by atoms with Gasteiger partial charge in [0.05, 0.1) is 21.1 Å². The SMILES string of the molecule is CC(C)n1c(N2CCC(C(=O)NCC3CCCCC3)CC2)nc2cc(Cl)c(Cl)cc21. The quantitative estimate of drug-likeness (QED) is 0.622. The summed E-state index contributed by atoms with van der Waals surface area (Å²) in [6.45, 7) is 6.82. The highest BCUT2D eigenvalue weighted by Crippen LogP contribution is 2.34. The van der Waals surface area contributed by atoms with Gasteiger partial charge in [0.2, 0.25) is 11.9 Å². The summed E-state index contributed by atoms with van der Waals surface area (Å²) in [7, 11) is 0. The third kappa shape index (κ3) is 4.57. The van der Waals surface area contributed by atoms with Gasteiger partial charge in [0.25, 0.3) is 0 Å². The van der Waals surface area contributed by atoms with Crippen LogP contribution in [0.5, 0.6) is 0 Å². The van der Waals surface area contributed by atoms with E-state index in [0.29, 0.717) is 16.0 Å². The summed E-state index contributed by atoms with van der Waals surface area (Å²) < 4.78 is 2.22. The summed E-state index contributed by atoms with van der Waals surface area (Å²) in [5, 5.41) is 4.31. The number of carbonyl (C=O) groups excluding carboxylic acids is 1. The number of nitrogens with zero attached hydrogens (tertiary/aromatic N) is 3. The molecule has 1 N–H and O–H groups in total. The zero-order chi connectivity index (χ0) is 21.3. The number of nitrogens with one attached hydrogen (secondary N) is 1. The Kier molecular flexibility index (Phi) is 6.78. The first-order valence-corrected chi connectivity index (χ1v) is 12.1. The maximum Gasteiger partial charge on any atom is 0.223 e. The van der Waals surface area contributed by atoms with E-state index < -0.39 is 0 Å². The van der Waals surface area contributed by atoms with Crippen molar-refractivity contribution in [3.05, 3.63) is 22.2 Å². The molecule has 1 aliphatic carbocycles. The molecule has 4 rings (SSSR count). The third-order valence-electron chi connectivity index (χ3n) is 6.67. The summed E-state index contributed by atoms with van der Waals surface area (Å²) in [4.78, 5) is 19.9. The molecule has 1 aliphatic heterocycles. The minimum Gasteiger partial charge on any atom is -0.356 e. The van der Waals surface area contributed by atoms with Gasteiger partial charge in [-0.3, -0.25) is 4.79 Å². The van der Waals surface area contributed by atoms with Gasteiger partial charge < -0.3 is 14.8 Å². The second kappa shape index (κ2) is 9.35. The van der Waals surface area contributed by atoms with E-state index in [1.54, 1.807) is 0 Å². The van der Waals surface area contributed by atoms with Gasteiger partial charge in [-0.25, -0.2) is 4.98 Å². The van der Waals surface area contributed by atoms with Crippen LogP contribution < -0.4 is 10.2 Å². The van der Waals surface area contributed by atoms with Crippen LogP contribution in [-0.2, 0) is 4.79 Å². The lowest BCUT2D eigenvalue weighted by molar-refractivity contribution is -0.125. The van der Waals surface area contributed by atoms with E-state index in [1.807, 2.05) is 12.1 Å². The molecule has 1 aromatic carbocycles. The standard InChI is InChI=1S/C23H32Cl2N4O/c1-15(2)29-21-13-19(25)18(24)12-20(21)27-23(29)28-10-8-17(9-11-28)22(30)26-14-16-6-4-3-5-7-16/h12-13,15-17H,3-11,14H2,1-2H3,(H,26,30). The van der Waals surface area contributed by atoms with Crippen molar-refractivity contribution in [2.75, 3.05) is 24.5 Å². The second-order valence-corrected chi connectivity index (χ2v) is 9.96. The summed E-state index contributed by atoms with van der Waals surface area (Å²) in [5.41, 5.74) is 1.86. The van der Waals surface area contributed by atoms with Crippen molar-refractivity contribution in [2.45, 2.75) is 64.8 Å². The fourth-order valence-electron chi connectivity index (χ4n) is 4.93. The van der Waals surface area contributed by atoms with Crippen LogP contribution in [0.2, 0.25) is 10.0 Å². The van der Waals surface area contributed by atoms with Crippen molar-refractivity contribution < 1.29 is 4.79 Å². The van der Waals surface area contributed by atoms with Gasteiger partial charge in [0, 0.05) is 31.6 Å². The number of fused-ring (bicyclic) bond motifs is 1. The Morgan fingerprint density at radius 1 is 1.10 bits per heavy atom. The summed E-state index contributed by atoms with van der Waals surface area (Å²) in [6.07, 6.45) is 8.22. The summed E-state index contributed by atoms with van der Waals surface area (Å²) in [6, 6.07) is 3.99. The van der Waals surface area contributed by atoms with E-state index in [4.69, 9.17) is 28.2 Å². The van der Waals surface area contributed by atoms with Crippen molar-refractivity contribution in [3.63, 3.8) is 0 Å². The van der Waals surface area contributed by atoms with E-state index in [1.165, 1.54) is 32.1 Å². The average molecular weight is 451 g/mol. The van der Waals surface area contributed by atoms with Gasteiger partial charge in [-0.1, -0.05) is 42.5 Å². The highest BCUT2D eigenvalue weighted by molar-refractivity contribution is 6.42. The molecule has 5 nitrogen and oxygen atoms in total. The lowest BCUT2D eigenvalue weighted by atomic mass is 9.89. The Morgan fingerprint density at radius 3 is 2.43 bits per heavy atom. The van der Waals surface area contributed by atoms with Crippen molar-refractivity contribution in [1.29, 1.82) is 0 Å². The number of rotatable bonds is 5. The molecule has 2 aliphatic rings. The van der Waals surface area contributed by atoms with Crippen molar-refractivity contribution in [1.82, 2.24) is 14.9 Å². The molecule has 2 aromatic rings. The molecular formula is C23H32Cl2N4O. The number of benzene rings is 1. The smallest absolute Gasteiger partial charge is 0.223 e. The summed E-state index contributed by atoms with van der Waals surface area (Å²) >= 11 is 12.5. The first kappa shape index (κ1) is 21.8. The maximum absolute atomic E-state index is 12.7. The number of aromatic nitrogens is 2. The maximum atomic E-state index is 12.7. The predicted molar refractivity (Wildman–Crippen MR) is 125 cm³/mol. The third-order valence-corrected chi connectivity index (χ3v) is 7.39. The zero-order valence-electron chi connectivity index (χ0n) is 18.0. The van der Waals surface area contributed by atoms with Crippen LogP contribution >= 0.6 is 23.2 Å². The molecule has 1 amide bonds. The fraction of sp³-hybridized carbons (Fsp3) is 0.652. The molecule has 0 atom stereocenters. The Bertz CT molecular complexity index is 896. The first-order valence-electron chi connectivity index (χ1n) is 11.3. The summed E-state index contributed by atoms with van der Waals surface area (Å²) in [5.74, 6) is 1.95. The average Bonchev–Trinajstić information content (AvgIpc) is 3.11. The van der Waals surface area contributed by atoms with Crippen LogP contribution in [0.3, 0.4) is 0 Å². The number of halogens is 2. The van der Waals surface area contributed by atoms with E-state index in [-0.39, 0.29) is 17.9 Å². The number of carbonyl (C=O) groups is 1. The molecule has 1 saturated carbocycles. The van der Waals surface area contributed by atoms with Crippen molar-refractivity contribution in [2.24, 2.45) is 11.8 Å². The molecule has 30 heavy (non-hydrogen) atoms. The predicted octanol–water partition coefficient (Wildman–Crippen LogP) is 5.84. The molecule has 1 saturated heterocycles. The number of anilines is 1. The number of imidazole rings is 1. The zero-order valence-corrected chi connectivity index (χ0v) is 19.5. The van der Waals surface area contributed by atoms with Gasteiger partial charge >= 0.3 is 0 Å². The lowest BCUT2D eigenvalue weighted by Gasteiger charge is -2.33. The van der Waals surface area contributed by atoms with E-state index in [0.717, 1.165) is 49.5 Å². The van der Waals surface area contributed by atoms with E-state index in [9.17, 15) is 4.79 Å². The number of piperidine rings is 1. The van der Waals surface area contributed by atoms with E-state index >= 15 is 0 Å². The second-order valence-electron chi connectivity index (χ2n) is 9.14. The highest BCUT2D eigenvalue weighted by Gasteiger charge is 2.29. The Morgan fingerprint density at radius 2 is 1.77 bits per heavy atom. The molecule has 0 spiro atoms. The van der Waals surface area contributed by atoms with Gasteiger partial charge in [-0.05, 0) is 57.6 Å². The molecule has 0 unspecified atom stereocenters. The van der Waals surface area contributed by atoms with Gasteiger partial charge in [-0.2, -0.15) is 0 Å². The molecule has 164 valence electrons. The van der Waals surface area contributed by atoms with Crippen molar-refractivity contribution >= 4 is 46.1 Å². The van der Waals surface area contributed by atoms with Crippen LogP contribution in [0.1, 0.15) is 64.8 Å². The molecular weight excluding hydrogens is 419 g/mol. The Balaban J connectivity index is 1.41. The fourth-order valence-corrected chi connectivity index (χ4v) is 5.25. The number of amides is 1. The lowest BCUT2D eigenvalue weighted by Crippen LogP contribution is -2.42. The topological polar surface area (TPSA) is 50.2 Å². The Labute approximate surface area is 189 Å². The van der Waals surface area contributed by atoms with Crippen LogP contribution in [0.15, 0.2) is 12.1 Å². The Hall–Kier alpha value is -1.46. The van der Waals surface area contributed by atoms with Gasteiger partial charge in [-0.15, -0.1) is 0 Å². The minimum atomic E-state index is 0.102. The van der Waals surface area contributed by atoms with Crippen LogP contribution in [0.4, 0.5) is 5.95 Å². The first-order chi connectivity index (χ1) is 14.4. The highest BCUT2D eigenvalue weighted by atomic mass is 35.5. The number of hydrogen-bond donors (Lipinski definition) is 1. The van der Waals surface area contributed by atoms with E-state index in [2.05, 4.69) is 28.6 Å². The normalized spacial score (nSPS) is 19.0. The molecule has 0 radical (unpaired) electrons.